The summed E-state index contributed by atoms with van der Waals surface area (Å²) in [6.45, 7) is 4.36. The molecular weight excluding hydrogens is 352 g/mol. The predicted octanol–water partition coefficient (Wildman–Crippen LogP) is 3.99. The maximum Gasteiger partial charge on any atom is 0.269 e. The summed E-state index contributed by atoms with van der Waals surface area (Å²) in [5.41, 5.74) is 3.70. The van der Waals surface area contributed by atoms with E-state index < -0.39 is 0 Å². The summed E-state index contributed by atoms with van der Waals surface area (Å²) in [5, 5.41) is 12.7. The van der Waals surface area contributed by atoms with Gasteiger partial charge in [-0.1, -0.05) is 56.3 Å². The molecule has 28 heavy (non-hydrogen) atoms. The van der Waals surface area contributed by atoms with Crippen molar-refractivity contribution in [3.05, 3.63) is 71.9 Å². The standard InChI is InChI=1S/C22H24N4O2/c1-15(2)11-21(27)24-18-10-6-7-16(12-18)14-23-22(28)20-13-19(25-26-20)17-8-4-3-5-9-17/h3-10,12-13,15H,11,14H2,1-2H3,(H,23,28)(H,24,27)(H,25,26). The van der Waals surface area contributed by atoms with Crippen molar-refractivity contribution in [1.29, 1.82) is 0 Å². The van der Waals surface area contributed by atoms with Gasteiger partial charge in [0.1, 0.15) is 5.69 Å². The van der Waals surface area contributed by atoms with Crippen LogP contribution in [0, 0.1) is 5.92 Å². The maximum absolute atomic E-state index is 12.4. The summed E-state index contributed by atoms with van der Waals surface area (Å²) in [5.74, 6) is 0.0590. The fourth-order valence-electron chi connectivity index (χ4n) is 2.81. The van der Waals surface area contributed by atoms with E-state index in [4.69, 9.17) is 0 Å². The molecule has 0 atom stereocenters. The highest BCUT2D eigenvalue weighted by Gasteiger charge is 2.11. The van der Waals surface area contributed by atoms with Gasteiger partial charge in [-0.25, -0.2) is 0 Å². The molecule has 0 aliphatic carbocycles. The Morgan fingerprint density at radius 1 is 1.04 bits per heavy atom. The third-order valence-corrected chi connectivity index (χ3v) is 4.15. The van der Waals surface area contributed by atoms with Crippen LogP contribution in [0.25, 0.3) is 11.3 Å². The molecule has 0 aliphatic heterocycles. The SMILES string of the molecule is CC(C)CC(=O)Nc1cccc(CNC(=O)c2cc(-c3ccccc3)n[nH]2)c1. The van der Waals surface area contributed by atoms with E-state index in [9.17, 15) is 9.59 Å². The Bertz CT molecular complexity index is 948. The van der Waals surface area contributed by atoms with Crippen molar-refractivity contribution < 1.29 is 9.59 Å². The first-order valence-corrected chi connectivity index (χ1v) is 9.29. The van der Waals surface area contributed by atoms with E-state index >= 15 is 0 Å². The Balaban J connectivity index is 1.58. The minimum atomic E-state index is -0.232. The Morgan fingerprint density at radius 2 is 1.82 bits per heavy atom. The van der Waals surface area contributed by atoms with Gasteiger partial charge in [0.05, 0.1) is 5.69 Å². The van der Waals surface area contributed by atoms with Crippen molar-refractivity contribution in [2.24, 2.45) is 5.92 Å². The number of benzene rings is 2. The van der Waals surface area contributed by atoms with Crippen LogP contribution in [0.3, 0.4) is 0 Å². The number of aromatic amines is 1. The number of amides is 2. The Morgan fingerprint density at radius 3 is 2.57 bits per heavy atom. The molecule has 6 heteroatoms. The molecule has 0 saturated heterocycles. The van der Waals surface area contributed by atoms with Gasteiger partial charge in [0.25, 0.3) is 5.91 Å². The minimum Gasteiger partial charge on any atom is -0.347 e. The second kappa shape index (κ2) is 8.99. The zero-order valence-electron chi connectivity index (χ0n) is 16.0. The average molecular weight is 376 g/mol. The highest BCUT2D eigenvalue weighted by molar-refractivity contribution is 5.93. The number of anilines is 1. The number of H-pyrrole nitrogens is 1. The van der Waals surface area contributed by atoms with Gasteiger partial charge in [-0.3, -0.25) is 14.7 Å². The highest BCUT2D eigenvalue weighted by atomic mass is 16.2. The number of hydrogen-bond acceptors (Lipinski definition) is 3. The van der Waals surface area contributed by atoms with Crippen molar-refractivity contribution in [2.75, 3.05) is 5.32 Å². The average Bonchev–Trinajstić information content (AvgIpc) is 3.17. The molecule has 1 aromatic heterocycles. The van der Waals surface area contributed by atoms with Crippen molar-refractivity contribution in [3.8, 4) is 11.3 Å². The second-order valence-electron chi connectivity index (χ2n) is 7.06. The van der Waals surface area contributed by atoms with E-state index in [2.05, 4.69) is 20.8 Å². The fraction of sp³-hybridized carbons (Fsp3) is 0.227. The Kier molecular flexibility index (Phi) is 6.22. The molecule has 0 unspecified atom stereocenters. The number of nitrogens with one attached hydrogen (secondary N) is 3. The molecule has 0 saturated carbocycles. The van der Waals surface area contributed by atoms with E-state index in [0.717, 1.165) is 22.5 Å². The van der Waals surface area contributed by atoms with E-state index in [1.807, 2.05) is 68.4 Å². The maximum atomic E-state index is 12.4. The quantitative estimate of drug-likeness (QED) is 0.583. The molecule has 0 spiro atoms. The third-order valence-electron chi connectivity index (χ3n) is 4.15. The van der Waals surface area contributed by atoms with Crippen LogP contribution in [-0.2, 0) is 11.3 Å². The van der Waals surface area contributed by atoms with Crippen LogP contribution in [0.5, 0.6) is 0 Å². The van der Waals surface area contributed by atoms with Crippen LogP contribution in [0.4, 0.5) is 5.69 Å². The summed E-state index contributed by atoms with van der Waals surface area (Å²) in [6.07, 6.45) is 0.477. The zero-order valence-corrected chi connectivity index (χ0v) is 16.0. The minimum absolute atomic E-state index is 0.0120. The van der Waals surface area contributed by atoms with Crippen LogP contribution in [0.2, 0.25) is 0 Å². The smallest absolute Gasteiger partial charge is 0.269 e. The van der Waals surface area contributed by atoms with E-state index in [1.54, 1.807) is 6.07 Å². The molecule has 0 fully saturated rings. The third kappa shape index (κ3) is 5.30. The van der Waals surface area contributed by atoms with Gasteiger partial charge < -0.3 is 10.6 Å². The topological polar surface area (TPSA) is 86.9 Å². The van der Waals surface area contributed by atoms with Crippen LogP contribution in [-0.4, -0.2) is 22.0 Å². The van der Waals surface area contributed by atoms with Gasteiger partial charge in [0, 0.05) is 24.2 Å². The van der Waals surface area contributed by atoms with Crippen LogP contribution in [0.15, 0.2) is 60.7 Å². The van der Waals surface area contributed by atoms with Gasteiger partial charge >= 0.3 is 0 Å². The summed E-state index contributed by atoms with van der Waals surface area (Å²) in [4.78, 5) is 24.3. The van der Waals surface area contributed by atoms with Crippen molar-refractivity contribution in [3.63, 3.8) is 0 Å². The van der Waals surface area contributed by atoms with Crippen molar-refractivity contribution in [2.45, 2.75) is 26.8 Å². The molecule has 0 aliphatic rings. The van der Waals surface area contributed by atoms with Gasteiger partial charge in [0.2, 0.25) is 5.91 Å². The largest absolute Gasteiger partial charge is 0.347 e. The van der Waals surface area contributed by atoms with Gasteiger partial charge in [0.15, 0.2) is 0 Å². The fourth-order valence-corrected chi connectivity index (χ4v) is 2.81. The number of carbonyl (C=O) groups is 2. The monoisotopic (exact) mass is 376 g/mol. The molecule has 0 radical (unpaired) electrons. The molecule has 3 rings (SSSR count). The first kappa shape index (κ1) is 19.4. The molecule has 0 bridgehead atoms. The summed E-state index contributed by atoms with van der Waals surface area (Å²) in [7, 11) is 0. The number of hydrogen-bond donors (Lipinski definition) is 3. The predicted molar refractivity (Wildman–Crippen MR) is 110 cm³/mol. The molecule has 144 valence electrons. The van der Waals surface area contributed by atoms with Crippen LogP contribution >= 0.6 is 0 Å². The normalized spacial score (nSPS) is 10.7. The second-order valence-corrected chi connectivity index (χ2v) is 7.06. The molecule has 6 nitrogen and oxygen atoms in total. The van der Waals surface area contributed by atoms with Crippen LogP contribution in [0.1, 0.15) is 36.3 Å². The van der Waals surface area contributed by atoms with E-state index in [0.29, 0.717) is 24.6 Å². The molecule has 2 aromatic carbocycles. The molecule has 2 amide bonds. The Hall–Kier alpha value is -3.41. The highest BCUT2D eigenvalue weighted by Crippen LogP contribution is 2.17. The lowest BCUT2D eigenvalue weighted by Crippen LogP contribution is -2.23. The van der Waals surface area contributed by atoms with Gasteiger partial charge in [-0.2, -0.15) is 5.10 Å². The van der Waals surface area contributed by atoms with Crippen molar-refractivity contribution >= 4 is 17.5 Å². The lowest BCUT2D eigenvalue weighted by atomic mass is 10.1. The van der Waals surface area contributed by atoms with Crippen LogP contribution < -0.4 is 10.6 Å². The molecule has 1 heterocycles. The molecular formula is C22H24N4O2. The molecule has 3 aromatic rings. The van der Waals surface area contributed by atoms with E-state index in [1.165, 1.54) is 0 Å². The lowest BCUT2D eigenvalue weighted by molar-refractivity contribution is -0.116. The number of aromatic nitrogens is 2. The summed E-state index contributed by atoms with van der Waals surface area (Å²) in [6, 6.07) is 18.9. The first-order valence-electron chi connectivity index (χ1n) is 9.29. The van der Waals surface area contributed by atoms with E-state index in [-0.39, 0.29) is 11.8 Å². The first-order chi connectivity index (χ1) is 13.5. The van der Waals surface area contributed by atoms with Gasteiger partial charge in [-0.15, -0.1) is 0 Å². The van der Waals surface area contributed by atoms with Gasteiger partial charge in [-0.05, 0) is 29.7 Å². The number of rotatable bonds is 7. The number of nitrogens with zero attached hydrogens (tertiary/aromatic N) is 1. The molecule has 3 N–H and O–H groups in total. The summed E-state index contributed by atoms with van der Waals surface area (Å²) < 4.78 is 0. The van der Waals surface area contributed by atoms with Crippen molar-refractivity contribution in [1.82, 2.24) is 15.5 Å². The number of carbonyl (C=O) groups excluding carboxylic acids is 2. The Labute approximate surface area is 164 Å². The zero-order chi connectivity index (χ0) is 19.9. The summed E-state index contributed by atoms with van der Waals surface area (Å²) >= 11 is 0. The lowest BCUT2D eigenvalue weighted by Gasteiger charge is -2.09.